The summed E-state index contributed by atoms with van der Waals surface area (Å²) in [6.45, 7) is 4.11. The summed E-state index contributed by atoms with van der Waals surface area (Å²) < 4.78 is 6.30. The number of allylic oxidation sites excluding steroid dienone is 4. The highest BCUT2D eigenvalue weighted by atomic mass is 16.5. The lowest BCUT2D eigenvalue weighted by molar-refractivity contribution is 0.444. The van der Waals surface area contributed by atoms with Gasteiger partial charge in [-0.25, -0.2) is 0 Å². The molecule has 0 bridgehead atoms. The minimum Gasteiger partial charge on any atom is -0.457 e. The molecule has 0 fully saturated rings. The molecule has 0 spiro atoms. The van der Waals surface area contributed by atoms with Crippen LogP contribution in [-0.4, -0.2) is 0 Å². The predicted octanol–water partition coefficient (Wildman–Crippen LogP) is 11.7. The van der Waals surface area contributed by atoms with Crippen molar-refractivity contribution in [1.29, 1.82) is 0 Å². The lowest BCUT2D eigenvalue weighted by Gasteiger charge is -2.19. The van der Waals surface area contributed by atoms with Gasteiger partial charge in [0.15, 0.2) is 0 Å². The molecule has 1 aliphatic heterocycles. The van der Waals surface area contributed by atoms with E-state index < -0.39 is 0 Å². The van der Waals surface area contributed by atoms with Crippen LogP contribution in [-0.2, 0) is 6.42 Å². The molecule has 8 rings (SSSR count). The molecule has 0 aliphatic carbocycles. The fraction of sp³-hybridized carbons (Fsp3) is 0.0233. The van der Waals surface area contributed by atoms with Crippen LogP contribution in [0.2, 0.25) is 0 Å². The van der Waals surface area contributed by atoms with Crippen molar-refractivity contribution in [2.45, 2.75) is 6.42 Å². The van der Waals surface area contributed by atoms with E-state index in [0.29, 0.717) is 5.76 Å². The number of fused-ring (bicyclic) bond motifs is 4. The van der Waals surface area contributed by atoms with Gasteiger partial charge in [-0.2, -0.15) is 0 Å². The summed E-state index contributed by atoms with van der Waals surface area (Å²) in [7, 11) is 0. The average molecular weight is 563 g/mol. The SMILES string of the molecule is C=C1/C=C\C=C/Cc2cccc(-c3ccc(-c4c5ccccc5c(-c5cccc6ccccc56)c5ccccc45)cc3)c2O1. The molecule has 0 aromatic heterocycles. The standard InChI is InChI=1S/C43H30O/c1-29-13-3-2-4-15-33-17-12-23-35(43(33)44-29)31-25-27-32(28-26-31)41-37-19-7-9-21-39(37)42(40-22-10-8-20-38(40)41)36-24-11-16-30-14-5-6-18-34(30)36/h2-14,16-28H,1,15H2/b4-2-,13-3-. The highest BCUT2D eigenvalue weighted by Gasteiger charge is 2.18. The third kappa shape index (κ3) is 4.42. The Morgan fingerprint density at radius 1 is 0.477 bits per heavy atom. The minimum absolute atomic E-state index is 0.631. The van der Waals surface area contributed by atoms with Crippen LogP contribution in [0.3, 0.4) is 0 Å². The summed E-state index contributed by atoms with van der Waals surface area (Å²) in [5.41, 5.74) is 8.33. The average Bonchev–Trinajstić information content (AvgIpc) is 3.17. The molecule has 0 unspecified atom stereocenters. The van der Waals surface area contributed by atoms with Gasteiger partial charge < -0.3 is 4.74 Å². The lowest BCUT2D eigenvalue weighted by atomic mass is 9.84. The van der Waals surface area contributed by atoms with E-state index in [9.17, 15) is 0 Å². The van der Waals surface area contributed by atoms with Gasteiger partial charge in [-0.05, 0) is 78.2 Å². The Morgan fingerprint density at radius 3 is 1.77 bits per heavy atom. The van der Waals surface area contributed by atoms with Gasteiger partial charge in [0, 0.05) is 5.56 Å². The number of hydrogen-bond acceptors (Lipinski definition) is 1. The molecule has 1 nitrogen and oxygen atoms in total. The molecule has 1 aliphatic rings. The van der Waals surface area contributed by atoms with Crippen LogP contribution in [0.15, 0.2) is 170 Å². The van der Waals surface area contributed by atoms with Gasteiger partial charge >= 0.3 is 0 Å². The first-order chi connectivity index (χ1) is 21.8. The molecule has 0 saturated carbocycles. The van der Waals surface area contributed by atoms with Gasteiger partial charge in [-0.15, -0.1) is 0 Å². The number of hydrogen-bond donors (Lipinski definition) is 0. The van der Waals surface area contributed by atoms with Crippen molar-refractivity contribution >= 4 is 32.3 Å². The van der Waals surface area contributed by atoms with E-state index in [1.807, 2.05) is 18.2 Å². The number of rotatable bonds is 3. The van der Waals surface area contributed by atoms with E-state index in [4.69, 9.17) is 4.74 Å². The first-order valence-corrected chi connectivity index (χ1v) is 15.1. The molecular weight excluding hydrogens is 532 g/mol. The summed E-state index contributed by atoms with van der Waals surface area (Å²) in [5.74, 6) is 1.50. The molecule has 44 heavy (non-hydrogen) atoms. The van der Waals surface area contributed by atoms with E-state index in [-0.39, 0.29) is 0 Å². The normalized spacial score (nSPS) is 14.4. The summed E-state index contributed by atoms with van der Waals surface area (Å²) in [5, 5.41) is 7.54. The summed E-state index contributed by atoms with van der Waals surface area (Å²) in [6.07, 6.45) is 8.89. The smallest absolute Gasteiger partial charge is 0.138 e. The van der Waals surface area contributed by atoms with Crippen molar-refractivity contribution in [1.82, 2.24) is 0 Å². The van der Waals surface area contributed by atoms with E-state index >= 15 is 0 Å². The third-order valence-corrected chi connectivity index (χ3v) is 8.67. The first kappa shape index (κ1) is 26.0. The van der Waals surface area contributed by atoms with Gasteiger partial charge in [0.05, 0.1) is 0 Å². The Bertz CT molecular complexity index is 2220. The van der Waals surface area contributed by atoms with E-state index in [0.717, 1.165) is 28.9 Å². The second-order valence-electron chi connectivity index (χ2n) is 11.3. The van der Waals surface area contributed by atoms with Crippen molar-refractivity contribution in [3.05, 3.63) is 176 Å². The van der Waals surface area contributed by atoms with E-state index in [1.54, 1.807) is 0 Å². The number of ether oxygens (including phenoxy) is 1. The van der Waals surface area contributed by atoms with Gasteiger partial charge in [-0.3, -0.25) is 0 Å². The molecule has 1 heterocycles. The summed E-state index contributed by atoms with van der Waals surface area (Å²) in [4.78, 5) is 0. The minimum atomic E-state index is 0.631. The van der Waals surface area contributed by atoms with Crippen molar-refractivity contribution in [2.75, 3.05) is 0 Å². The van der Waals surface area contributed by atoms with Crippen LogP contribution in [0.25, 0.3) is 65.7 Å². The van der Waals surface area contributed by atoms with Gasteiger partial charge in [0.2, 0.25) is 0 Å². The maximum atomic E-state index is 6.30. The van der Waals surface area contributed by atoms with Crippen LogP contribution in [0.1, 0.15) is 5.56 Å². The maximum absolute atomic E-state index is 6.30. The summed E-state index contributed by atoms with van der Waals surface area (Å²) in [6, 6.07) is 48.3. The fourth-order valence-electron chi connectivity index (χ4n) is 6.68. The molecule has 1 heteroatoms. The first-order valence-electron chi connectivity index (χ1n) is 15.1. The van der Waals surface area contributed by atoms with Crippen molar-refractivity contribution < 1.29 is 4.74 Å². The largest absolute Gasteiger partial charge is 0.457 e. The molecule has 7 aromatic rings. The zero-order chi connectivity index (χ0) is 29.5. The van der Waals surface area contributed by atoms with E-state index in [2.05, 4.69) is 146 Å². The molecule has 0 atom stereocenters. The number of para-hydroxylation sites is 1. The van der Waals surface area contributed by atoms with Crippen LogP contribution >= 0.6 is 0 Å². The maximum Gasteiger partial charge on any atom is 0.138 e. The van der Waals surface area contributed by atoms with Crippen molar-refractivity contribution in [3.8, 4) is 39.1 Å². The zero-order valence-corrected chi connectivity index (χ0v) is 24.3. The Morgan fingerprint density at radius 2 is 1.05 bits per heavy atom. The molecule has 0 amide bonds. The van der Waals surface area contributed by atoms with Gasteiger partial charge in [-0.1, -0.05) is 158 Å². The molecule has 208 valence electrons. The van der Waals surface area contributed by atoms with Crippen LogP contribution < -0.4 is 4.74 Å². The molecule has 0 N–H and O–H groups in total. The van der Waals surface area contributed by atoms with Gasteiger partial charge in [0.25, 0.3) is 0 Å². The Kier molecular flexibility index (Phi) is 6.43. The second kappa shape index (κ2) is 10.9. The Labute approximate surface area is 257 Å². The van der Waals surface area contributed by atoms with Gasteiger partial charge in [0.1, 0.15) is 11.5 Å². The highest BCUT2D eigenvalue weighted by molar-refractivity contribution is 6.23. The molecule has 7 aromatic carbocycles. The quantitative estimate of drug-likeness (QED) is 0.195. The van der Waals surface area contributed by atoms with Crippen molar-refractivity contribution in [2.24, 2.45) is 0 Å². The third-order valence-electron chi connectivity index (χ3n) is 8.67. The lowest BCUT2D eigenvalue weighted by Crippen LogP contribution is -1.97. The Balaban J connectivity index is 1.32. The predicted molar refractivity (Wildman–Crippen MR) is 187 cm³/mol. The fourth-order valence-corrected chi connectivity index (χ4v) is 6.68. The second-order valence-corrected chi connectivity index (χ2v) is 11.3. The molecule has 0 saturated heterocycles. The van der Waals surface area contributed by atoms with E-state index in [1.165, 1.54) is 54.6 Å². The monoisotopic (exact) mass is 562 g/mol. The molecule has 0 radical (unpaired) electrons. The zero-order valence-electron chi connectivity index (χ0n) is 24.3. The van der Waals surface area contributed by atoms with Crippen LogP contribution in [0.5, 0.6) is 5.75 Å². The highest BCUT2D eigenvalue weighted by Crippen LogP contribution is 2.45. The van der Waals surface area contributed by atoms with Crippen molar-refractivity contribution in [3.63, 3.8) is 0 Å². The topological polar surface area (TPSA) is 9.23 Å². The number of benzene rings is 7. The summed E-state index contributed by atoms with van der Waals surface area (Å²) >= 11 is 0. The Hall–Kier alpha value is -5.66. The molecular formula is C43H30O. The van der Waals surface area contributed by atoms with Crippen LogP contribution in [0.4, 0.5) is 0 Å². The van der Waals surface area contributed by atoms with Crippen LogP contribution in [0, 0.1) is 0 Å².